The van der Waals surface area contributed by atoms with Crippen molar-refractivity contribution in [1.29, 1.82) is 0 Å². The Morgan fingerprint density at radius 1 is 1.26 bits per heavy atom. The molecule has 0 radical (unpaired) electrons. The summed E-state index contributed by atoms with van der Waals surface area (Å²) in [5.74, 6) is -1.66. The van der Waals surface area contributed by atoms with E-state index in [1.807, 2.05) is 0 Å². The summed E-state index contributed by atoms with van der Waals surface area (Å²) in [6.45, 7) is 3.44. The molecule has 0 bridgehead atoms. The van der Waals surface area contributed by atoms with E-state index in [4.69, 9.17) is 15.6 Å². The maximum atomic E-state index is 11.5. The average molecular weight is 275 g/mol. The van der Waals surface area contributed by atoms with Gasteiger partial charge in [-0.2, -0.15) is 0 Å². The number of ether oxygens (including phenoxy) is 1. The third-order valence-electron chi connectivity index (χ3n) is 2.75. The molecule has 0 spiro atoms. The Morgan fingerprint density at radius 2 is 1.84 bits per heavy atom. The van der Waals surface area contributed by atoms with Crippen LogP contribution in [0.2, 0.25) is 0 Å². The van der Waals surface area contributed by atoms with Crippen LogP contribution >= 0.6 is 0 Å². The zero-order valence-electron chi connectivity index (χ0n) is 11.2. The van der Waals surface area contributed by atoms with Crippen LogP contribution in [0.25, 0.3) is 0 Å². The van der Waals surface area contributed by atoms with Crippen LogP contribution in [0.5, 0.6) is 0 Å². The fraction of sp³-hybridized carbons (Fsp3) is 0.727. The fourth-order valence-electron chi connectivity index (χ4n) is 1.45. The highest BCUT2D eigenvalue weighted by atomic mass is 16.5. The third kappa shape index (κ3) is 6.05. The number of urea groups is 1. The maximum Gasteiger partial charge on any atom is 0.329 e. The third-order valence-corrected chi connectivity index (χ3v) is 2.75. The monoisotopic (exact) mass is 275 g/mol. The number of primary amides is 1. The quantitative estimate of drug-likeness (QED) is 0.418. The molecule has 0 aromatic carbocycles. The number of aliphatic carboxylic acids is 1. The van der Waals surface area contributed by atoms with Gasteiger partial charge in [-0.15, -0.1) is 0 Å². The Hall–Kier alpha value is -1.83. The first-order valence-electron chi connectivity index (χ1n) is 6.03. The minimum atomic E-state index is -1.27. The molecule has 110 valence electrons. The lowest BCUT2D eigenvalue weighted by Gasteiger charge is -2.28. The summed E-state index contributed by atoms with van der Waals surface area (Å²) >= 11 is 0. The molecule has 8 nitrogen and oxygen atoms in total. The highest BCUT2D eigenvalue weighted by Gasteiger charge is 2.36. The lowest BCUT2D eigenvalue weighted by molar-refractivity contribution is -0.144. The van der Waals surface area contributed by atoms with E-state index in [1.165, 1.54) is 0 Å². The molecular formula is C11H21N3O5. The van der Waals surface area contributed by atoms with Gasteiger partial charge in [-0.3, -0.25) is 4.79 Å². The molecule has 0 aliphatic carbocycles. The molecule has 19 heavy (non-hydrogen) atoms. The molecule has 0 aliphatic heterocycles. The number of carbonyl (C=O) groups excluding carboxylic acids is 2. The molecule has 0 fully saturated rings. The molecule has 0 saturated carbocycles. The number of carbonyl (C=O) groups is 3. The summed E-state index contributed by atoms with van der Waals surface area (Å²) < 4.78 is 4.84. The van der Waals surface area contributed by atoms with Gasteiger partial charge in [0.15, 0.2) is 0 Å². The smallest absolute Gasteiger partial charge is 0.329 e. The molecule has 0 saturated heterocycles. The first-order chi connectivity index (χ1) is 8.88. The van der Waals surface area contributed by atoms with Crippen LogP contribution in [0, 0.1) is 0 Å². The second kappa shape index (κ2) is 8.30. The van der Waals surface area contributed by atoms with Gasteiger partial charge in [0.2, 0.25) is 5.91 Å². The average Bonchev–Trinajstić information content (AvgIpc) is 2.34. The van der Waals surface area contributed by atoms with Crippen LogP contribution < -0.4 is 16.4 Å². The summed E-state index contributed by atoms with van der Waals surface area (Å²) in [7, 11) is 0. The van der Waals surface area contributed by atoms with Gasteiger partial charge in [0.05, 0.1) is 6.61 Å². The Labute approximate surface area is 111 Å². The largest absolute Gasteiger partial charge is 0.480 e. The van der Waals surface area contributed by atoms with Gasteiger partial charge in [0, 0.05) is 6.54 Å². The van der Waals surface area contributed by atoms with Gasteiger partial charge >= 0.3 is 12.0 Å². The normalized spacial score (nSPS) is 10.8. The van der Waals surface area contributed by atoms with Crippen LogP contribution in [0.3, 0.4) is 0 Å². The number of nitrogens with two attached hydrogens (primary N) is 1. The molecule has 0 aromatic heterocycles. The number of amides is 3. The highest BCUT2D eigenvalue weighted by Crippen LogP contribution is 2.14. The van der Waals surface area contributed by atoms with E-state index >= 15 is 0 Å². The molecule has 3 amide bonds. The first-order valence-corrected chi connectivity index (χ1v) is 6.03. The summed E-state index contributed by atoms with van der Waals surface area (Å²) in [4.78, 5) is 33.1. The number of hydrogen-bond acceptors (Lipinski definition) is 4. The van der Waals surface area contributed by atoms with E-state index in [2.05, 4.69) is 10.6 Å². The Balaban J connectivity index is 4.08. The summed E-state index contributed by atoms with van der Waals surface area (Å²) in [5, 5.41) is 14.0. The molecule has 0 atom stereocenters. The number of nitrogens with one attached hydrogen (secondary N) is 2. The van der Waals surface area contributed by atoms with Gasteiger partial charge in [-0.25, -0.2) is 9.59 Å². The van der Waals surface area contributed by atoms with Crippen molar-refractivity contribution in [3.8, 4) is 0 Å². The number of carboxylic acid groups (broad SMARTS) is 1. The predicted octanol–water partition coefficient (Wildman–Crippen LogP) is -0.569. The molecule has 0 aromatic rings. The van der Waals surface area contributed by atoms with Crippen molar-refractivity contribution in [2.24, 2.45) is 5.73 Å². The Kier molecular flexibility index (Phi) is 7.50. The summed E-state index contributed by atoms with van der Waals surface area (Å²) in [6.07, 6.45) is 0.564. The minimum Gasteiger partial charge on any atom is -0.480 e. The summed E-state index contributed by atoms with van der Waals surface area (Å²) in [6, 6.07) is -0.589. The molecule has 0 aliphatic rings. The zero-order chi connectivity index (χ0) is 14.9. The number of carboxylic acids is 1. The molecule has 0 unspecified atom stereocenters. The van der Waals surface area contributed by atoms with Gasteiger partial charge in [-0.1, -0.05) is 13.8 Å². The maximum absolute atomic E-state index is 11.5. The van der Waals surface area contributed by atoms with Crippen molar-refractivity contribution in [3.63, 3.8) is 0 Å². The van der Waals surface area contributed by atoms with Crippen molar-refractivity contribution < 1.29 is 24.2 Å². The second-order valence-electron chi connectivity index (χ2n) is 3.99. The fourth-order valence-corrected chi connectivity index (χ4v) is 1.45. The molecule has 8 heteroatoms. The zero-order valence-corrected chi connectivity index (χ0v) is 11.2. The molecule has 0 rings (SSSR count). The minimum absolute atomic E-state index is 0.120. The van der Waals surface area contributed by atoms with E-state index in [1.54, 1.807) is 13.8 Å². The van der Waals surface area contributed by atoms with Crippen molar-refractivity contribution in [2.75, 3.05) is 19.8 Å². The highest BCUT2D eigenvalue weighted by molar-refractivity contribution is 5.86. The van der Waals surface area contributed by atoms with Crippen molar-refractivity contribution >= 4 is 17.9 Å². The van der Waals surface area contributed by atoms with E-state index in [-0.39, 0.29) is 32.6 Å². The summed E-state index contributed by atoms with van der Waals surface area (Å²) in [5.41, 5.74) is 3.59. The Bertz CT molecular complexity index is 328. The lowest BCUT2D eigenvalue weighted by atomic mass is 9.93. The van der Waals surface area contributed by atoms with E-state index in [9.17, 15) is 14.4 Å². The van der Waals surface area contributed by atoms with Crippen molar-refractivity contribution in [1.82, 2.24) is 10.6 Å². The Morgan fingerprint density at radius 3 is 2.26 bits per heavy atom. The second-order valence-corrected chi connectivity index (χ2v) is 3.99. The van der Waals surface area contributed by atoms with Gasteiger partial charge in [0.25, 0.3) is 0 Å². The topological polar surface area (TPSA) is 131 Å². The van der Waals surface area contributed by atoms with Crippen LogP contribution in [0.1, 0.15) is 26.7 Å². The molecular weight excluding hydrogens is 254 g/mol. The van der Waals surface area contributed by atoms with E-state index < -0.39 is 23.4 Å². The number of hydrogen-bond donors (Lipinski definition) is 4. The van der Waals surface area contributed by atoms with Crippen LogP contribution in [-0.4, -0.2) is 48.3 Å². The van der Waals surface area contributed by atoms with Gasteiger partial charge in [-0.05, 0) is 12.8 Å². The van der Waals surface area contributed by atoms with Gasteiger partial charge in [0.1, 0.15) is 12.1 Å². The van der Waals surface area contributed by atoms with E-state index in [0.717, 1.165) is 0 Å². The SMILES string of the molecule is CCC(CC)(NC(=O)NCCOCC(N)=O)C(=O)O. The lowest BCUT2D eigenvalue weighted by Crippen LogP contribution is -2.56. The standard InChI is InChI=1S/C11H21N3O5/c1-3-11(4-2,9(16)17)14-10(18)13-5-6-19-7-8(12)15/h3-7H2,1-2H3,(H2,12,15)(H,16,17)(H2,13,14,18). The molecule has 0 heterocycles. The van der Waals surface area contributed by atoms with Gasteiger partial charge < -0.3 is 26.2 Å². The van der Waals surface area contributed by atoms with E-state index in [0.29, 0.717) is 0 Å². The van der Waals surface area contributed by atoms with Crippen LogP contribution in [-0.2, 0) is 14.3 Å². The molecule has 5 N–H and O–H groups in total. The van der Waals surface area contributed by atoms with Crippen LogP contribution in [0.15, 0.2) is 0 Å². The first kappa shape index (κ1) is 17.2. The predicted molar refractivity (Wildman–Crippen MR) is 67.5 cm³/mol. The van der Waals surface area contributed by atoms with Crippen molar-refractivity contribution in [3.05, 3.63) is 0 Å². The number of rotatable bonds is 9. The van der Waals surface area contributed by atoms with Crippen LogP contribution in [0.4, 0.5) is 4.79 Å². The van der Waals surface area contributed by atoms with Crippen molar-refractivity contribution in [2.45, 2.75) is 32.2 Å².